The first kappa shape index (κ1) is 10.1. The van der Waals surface area contributed by atoms with Crippen molar-refractivity contribution in [3.63, 3.8) is 0 Å². The van der Waals surface area contributed by atoms with E-state index in [1.807, 2.05) is 18.6 Å². The highest BCUT2D eigenvalue weighted by Crippen LogP contribution is 2.24. The minimum absolute atomic E-state index is 0.912. The Kier molecular flexibility index (Phi) is 2.97. The third-order valence-electron chi connectivity index (χ3n) is 2.19. The summed E-state index contributed by atoms with van der Waals surface area (Å²) in [5, 5.41) is 6.03. The molecule has 0 aliphatic carbocycles. The second-order valence-corrected chi connectivity index (χ2v) is 4.04. The Balaban J connectivity index is 2.28. The lowest BCUT2D eigenvalue weighted by atomic mass is 10.2. The predicted molar refractivity (Wildman–Crippen MR) is 64.3 cm³/mol. The number of hydrogen-bond donors (Lipinski definition) is 1. The number of aromatic nitrogens is 2. The first-order chi connectivity index (χ1) is 7.33. The first-order valence-electron chi connectivity index (χ1n) is 4.92. The quantitative estimate of drug-likeness (QED) is 0.862. The van der Waals surface area contributed by atoms with Crippen molar-refractivity contribution in [1.29, 1.82) is 0 Å². The molecule has 0 spiro atoms. The van der Waals surface area contributed by atoms with Gasteiger partial charge in [-0.1, -0.05) is 6.92 Å². The number of rotatable bonds is 3. The molecule has 78 valence electrons. The molecule has 0 aliphatic heterocycles. The van der Waals surface area contributed by atoms with E-state index in [-0.39, 0.29) is 0 Å². The van der Waals surface area contributed by atoms with Gasteiger partial charge in [0.1, 0.15) is 10.8 Å². The van der Waals surface area contributed by atoms with Crippen LogP contribution < -0.4 is 5.32 Å². The van der Waals surface area contributed by atoms with E-state index in [2.05, 4.69) is 34.3 Å². The van der Waals surface area contributed by atoms with E-state index in [1.165, 1.54) is 0 Å². The molecule has 4 heteroatoms. The molecule has 0 bridgehead atoms. The maximum Gasteiger partial charge on any atom is 0.137 e. The standard InChI is InChI=1S/C11H13N3S/c1-3-9-5-4-8(6-13-9)11-14-10(12-2)7-15-11/h4-7,12H,3H2,1-2H3. The van der Waals surface area contributed by atoms with Crippen LogP contribution in [0.15, 0.2) is 23.7 Å². The molecular weight excluding hydrogens is 206 g/mol. The van der Waals surface area contributed by atoms with Crippen LogP contribution in [0.25, 0.3) is 10.6 Å². The summed E-state index contributed by atoms with van der Waals surface area (Å²) in [5.74, 6) is 0.912. The first-order valence-corrected chi connectivity index (χ1v) is 5.80. The summed E-state index contributed by atoms with van der Waals surface area (Å²) in [5.41, 5.74) is 2.20. The predicted octanol–water partition coefficient (Wildman–Crippen LogP) is 2.81. The number of nitrogens with zero attached hydrogens (tertiary/aromatic N) is 2. The lowest BCUT2D eigenvalue weighted by Gasteiger charge is -1.97. The largest absolute Gasteiger partial charge is 0.372 e. The van der Waals surface area contributed by atoms with Crippen LogP contribution in [0, 0.1) is 0 Å². The molecule has 3 nitrogen and oxygen atoms in total. The monoisotopic (exact) mass is 219 g/mol. The highest BCUT2D eigenvalue weighted by Gasteiger charge is 2.03. The molecular formula is C11H13N3S. The van der Waals surface area contributed by atoms with Crippen molar-refractivity contribution in [2.45, 2.75) is 13.3 Å². The molecule has 1 N–H and O–H groups in total. The minimum Gasteiger partial charge on any atom is -0.372 e. The molecule has 0 saturated heterocycles. The fraction of sp³-hybridized carbons (Fsp3) is 0.273. The van der Waals surface area contributed by atoms with E-state index in [0.717, 1.165) is 28.5 Å². The van der Waals surface area contributed by atoms with Gasteiger partial charge in [0.05, 0.1) is 0 Å². The van der Waals surface area contributed by atoms with Crippen molar-refractivity contribution in [2.75, 3.05) is 12.4 Å². The van der Waals surface area contributed by atoms with Gasteiger partial charge in [0, 0.05) is 29.9 Å². The van der Waals surface area contributed by atoms with Gasteiger partial charge in [-0.25, -0.2) is 4.98 Å². The Labute approximate surface area is 93.2 Å². The fourth-order valence-electron chi connectivity index (χ4n) is 1.28. The minimum atomic E-state index is 0.912. The van der Waals surface area contributed by atoms with Gasteiger partial charge in [-0.2, -0.15) is 0 Å². The summed E-state index contributed by atoms with van der Waals surface area (Å²) in [7, 11) is 1.87. The van der Waals surface area contributed by atoms with Crippen molar-refractivity contribution in [3.05, 3.63) is 29.4 Å². The van der Waals surface area contributed by atoms with E-state index < -0.39 is 0 Å². The lowest BCUT2D eigenvalue weighted by molar-refractivity contribution is 1.04. The molecule has 2 aromatic rings. The molecule has 0 aromatic carbocycles. The van der Waals surface area contributed by atoms with Crippen molar-refractivity contribution < 1.29 is 0 Å². The van der Waals surface area contributed by atoms with Crippen molar-refractivity contribution in [3.8, 4) is 10.6 Å². The van der Waals surface area contributed by atoms with Crippen molar-refractivity contribution in [1.82, 2.24) is 9.97 Å². The SMILES string of the molecule is CCc1ccc(-c2nc(NC)cs2)cn1. The summed E-state index contributed by atoms with van der Waals surface area (Å²) in [6.07, 6.45) is 2.86. The second kappa shape index (κ2) is 4.40. The van der Waals surface area contributed by atoms with Crippen molar-refractivity contribution in [2.24, 2.45) is 0 Å². The van der Waals surface area contributed by atoms with E-state index in [1.54, 1.807) is 11.3 Å². The molecule has 2 aromatic heterocycles. The molecule has 15 heavy (non-hydrogen) atoms. The van der Waals surface area contributed by atoms with Gasteiger partial charge in [-0.05, 0) is 18.6 Å². The highest BCUT2D eigenvalue weighted by atomic mass is 32.1. The third kappa shape index (κ3) is 2.15. The number of anilines is 1. The smallest absolute Gasteiger partial charge is 0.137 e. The molecule has 0 radical (unpaired) electrons. The van der Waals surface area contributed by atoms with Gasteiger partial charge >= 0.3 is 0 Å². The van der Waals surface area contributed by atoms with Gasteiger partial charge in [-0.3, -0.25) is 4.98 Å². The number of nitrogens with one attached hydrogen (secondary N) is 1. The Morgan fingerprint density at radius 2 is 2.27 bits per heavy atom. The maximum absolute atomic E-state index is 4.42. The fourth-order valence-corrected chi connectivity index (χ4v) is 2.08. The van der Waals surface area contributed by atoms with Crippen LogP contribution in [-0.2, 0) is 6.42 Å². The average molecular weight is 219 g/mol. The molecule has 2 heterocycles. The van der Waals surface area contributed by atoms with Gasteiger partial charge in [-0.15, -0.1) is 11.3 Å². The van der Waals surface area contributed by atoms with E-state index in [9.17, 15) is 0 Å². The number of aryl methyl sites for hydroxylation is 1. The Bertz CT molecular complexity index is 433. The Morgan fingerprint density at radius 1 is 1.40 bits per heavy atom. The second-order valence-electron chi connectivity index (χ2n) is 3.18. The van der Waals surface area contributed by atoms with Gasteiger partial charge in [0.2, 0.25) is 0 Å². The maximum atomic E-state index is 4.42. The van der Waals surface area contributed by atoms with Crippen LogP contribution in [0.4, 0.5) is 5.82 Å². The lowest BCUT2D eigenvalue weighted by Crippen LogP contribution is -1.88. The van der Waals surface area contributed by atoms with Crippen LogP contribution in [0.1, 0.15) is 12.6 Å². The third-order valence-corrected chi connectivity index (χ3v) is 3.09. The van der Waals surface area contributed by atoms with Gasteiger partial charge < -0.3 is 5.32 Å². The van der Waals surface area contributed by atoms with Crippen LogP contribution in [0.5, 0.6) is 0 Å². The summed E-state index contributed by atoms with van der Waals surface area (Å²) >= 11 is 1.63. The van der Waals surface area contributed by atoms with Crippen LogP contribution >= 0.6 is 11.3 Å². The zero-order valence-electron chi connectivity index (χ0n) is 8.82. The van der Waals surface area contributed by atoms with Gasteiger partial charge in [0.25, 0.3) is 0 Å². The number of pyridine rings is 1. The number of thiazole rings is 1. The molecule has 2 rings (SSSR count). The van der Waals surface area contributed by atoms with Gasteiger partial charge in [0.15, 0.2) is 0 Å². The summed E-state index contributed by atoms with van der Waals surface area (Å²) in [6.45, 7) is 2.10. The van der Waals surface area contributed by atoms with Crippen LogP contribution in [-0.4, -0.2) is 17.0 Å². The molecule has 0 fully saturated rings. The van der Waals surface area contributed by atoms with Crippen LogP contribution in [0.3, 0.4) is 0 Å². The van der Waals surface area contributed by atoms with Crippen molar-refractivity contribution >= 4 is 17.2 Å². The molecule has 0 aliphatic rings. The zero-order chi connectivity index (χ0) is 10.7. The molecule has 0 atom stereocenters. The average Bonchev–Trinajstić information content (AvgIpc) is 2.78. The summed E-state index contributed by atoms with van der Waals surface area (Å²) in [6, 6.07) is 4.12. The Hall–Kier alpha value is -1.42. The Morgan fingerprint density at radius 3 is 2.80 bits per heavy atom. The van der Waals surface area contributed by atoms with E-state index in [0.29, 0.717) is 0 Å². The zero-order valence-corrected chi connectivity index (χ0v) is 9.64. The number of hydrogen-bond acceptors (Lipinski definition) is 4. The summed E-state index contributed by atoms with van der Waals surface area (Å²) < 4.78 is 0. The van der Waals surface area contributed by atoms with E-state index >= 15 is 0 Å². The molecule has 0 unspecified atom stereocenters. The van der Waals surface area contributed by atoms with E-state index in [4.69, 9.17) is 0 Å². The van der Waals surface area contributed by atoms with Crippen LogP contribution in [0.2, 0.25) is 0 Å². The molecule has 0 saturated carbocycles. The summed E-state index contributed by atoms with van der Waals surface area (Å²) in [4.78, 5) is 8.78. The normalized spacial score (nSPS) is 10.3. The highest BCUT2D eigenvalue weighted by molar-refractivity contribution is 7.13. The topological polar surface area (TPSA) is 37.8 Å². The molecule has 0 amide bonds.